The van der Waals surface area contributed by atoms with E-state index in [2.05, 4.69) is 9.47 Å². The number of fused-ring (bicyclic) bond motifs is 1. The first-order valence-corrected chi connectivity index (χ1v) is 13.0. The van der Waals surface area contributed by atoms with Crippen LogP contribution in [-0.4, -0.2) is 20.4 Å². The van der Waals surface area contributed by atoms with Crippen molar-refractivity contribution in [1.29, 1.82) is 0 Å². The van der Waals surface area contributed by atoms with Crippen LogP contribution in [0.2, 0.25) is 19.6 Å². The van der Waals surface area contributed by atoms with E-state index in [1.807, 2.05) is 19.6 Å². The van der Waals surface area contributed by atoms with Crippen LogP contribution in [-0.2, 0) is 8.67 Å². The second-order valence-corrected chi connectivity index (χ2v) is 14.3. The van der Waals surface area contributed by atoms with E-state index < -0.39 is 51.8 Å². The molecule has 0 bridgehead atoms. The molecule has 9 heteroatoms. The van der Waals surface area contributed by atoms with Crippen molar-refractivity contribution >= 4 is 28.3 Å². The van der Waals surface area contributed by atoms with Crippen LogP contribution >= 0.6 is 20.2 Å². The molecule has 1 heterocycles. The normalized spacial score (nSPS) is 19.1. The molecule has 0 saturated carbocycles. The van der Waals surface area contributed by atoms with Gasteiger partial charge in [0.1, 0.15) is 0 Å². The quantitative estimate of drug-likeness (QED) is 0.214. The van der Waals surface area contributed by atoms with Crippen LogP contribution in [0.15, 0.2) is 24.3 Å². The maximum atomic E-state index is 13.4. The summed E-state index contributed by atoms with van der Waals surface area (Å²) in [6, 6.07) is 4.66. The summed E-state index contributed by atoms with van der Waals surface area (Å²) in [7, 11) is -1.95. The summed E-state index contributed by atoms with van der Waals surface area (Å²) in [6.45, 7) is 5.58. The third kappa shape index (κ3) is 3.25. The van der Waals surface area contributed by atoms with Crippen molar-refractivity contribution in [3.8, 4) is 9.47 Å². The molecule has 1 aliphatic rings. The van der Waals surface area contributed by atoms with Crippen LogP contribution in [0.1, 0.15) is 5.56 Å². The molecule has 1 nitrogen and oxygen atoms in total. The summed E-state index contributed by atoms with van der Waals surface area (Å²) in [6.07, 6.45) is -11.2. The van der Waals surface area contributed by atoms with Gasteiger partial charge in [-0.3, -0.25) is 0 Å². The Morgan fingerprint density at radius 2 is 1.52 bits per heavy atom. The Hall–Kier alpha value is -0.733. The Bertz CT molecular complexity index is 651. The number of hydrogen-bond acceptors (Lipinski definition) is 1. The van der Waals surface area contributed by atoms with Crippen LogP contribution in [0.25, 0.3) is 0 Å². The molecule has 0 N–H and O–H groups in total. The van der Waals surface area contributed by atoms with E-state index in [0.29, 0.717) is 0 Å². The van der Waals surface area contributed by atoms with Gasteiger partial charge in [-0.05, 0) is 0 Å². The molecule has 0 fully saturated rings. The van der Waals surface area contributed by atoms with Gasteiger partial charge in [0.15, 0.2) is 0 Å². The van der Waals surface area contributed by atoms with Gasteiger partial charge in [0.25, 0.3) is 0 Å². The Morgan fingerprint density at radius 1 is 1.00 bits per heavy atom. The van der Waals surface area contributed by atoms with Crippen LogP contribution in [0.3, 0.4) is 0 Å². The zero-order chi connectivity index (χ0) is 17.7. The van der Waals surface area contributed by atoms with E-state index in [-0.39, 0.29) is 3.57 Å². The summed E-state index contributed by atoms with van der Waals surface area (Å²) < 4.78 is 87.6. The number of hydrogen-bond donors (Lipinski definition) is 0. The van der Waals surface area contributed by atoms with Gasteiger partial charge in [-0.15, -0.1) is 0 Å². The van der Waals surface area contributed by atoms with Gasteiger partial charge < -0.3 is 0 Å². The molecule has 2 rings (SSSR count). The molecule has 0 unspecified atom stereocenters. The topological polar surface area (TPSA) is 9.23 Å². The summed E-state index contributed by atoms with van der Waals surface area (Å²) in [4.78, 5) is 0. The molecule has 0 aliphatic carbocycles. The molecule has 23 heavy (non-hydrogen) atoms. The molecule has 0 saturated heterocycles. The molecule has 0 aromatic heterocycles. The zero-order valence-electron chi connectivity index (χ0n) is 12.4. The van der Waals surface area contributed by atoms with Gasteiger partial charge in [0, 0.05) is 0 Å². The van der Waals surface area contributed by atoms with Crippen molar-refractivity contribution in [1.82, 2.24) is 0 Å². The molecule has 128 valence electrons. The average molecular weight is 466 g/mol. The first-order valence-electron chi connectivity index (χ1n) is 6.45. The molecular weight excluding hydrogens is 453 g/mol. The van der Waals surface area contributed by atoms with Gasteiger partial charge in [-0.25, -0.2) is 0 Å². The van der Waals surface area contributed by atoms with Gasteiger partial charge in [-0.2, -0.15) is 0 Å². The fourth-order valence-corrected chi connectivity index (χ4v) is 9.09. The van der Waals surface area contributed by atoms with Crippen molar-refractivity contribution in [3.63, 3.8) is 0 Å². The second-order valence-electron chi connectivity index (χ2n) is 5.95. The second kappa shape index (κ2) is 5.67. The van der Waals surface area contributed by atoms with Crippen molar-refractivity contribution in [2.45, 2.75) is 37.6 Å². The molecular formula is C14H13F6IOSi. The zero-order valence-corrected chi connectivity index (χ0v) is 15.5. The van der Waals surface area contributed by atoms with Crippen LogP contribution in [0.4, 0.5) is 26.3 Å². The van der Waals surface area contributed by atoms with Gasteiger partial charge >= 0.3 is 138 Å². The van der Waals surface area contributed by atoms with E-state index in [1.165, 1.54) is 12.1 Å². The summed E-state index contributed by atoms with van der Waals surface area (Å²) in [5, 5.41) is 0. The molecule has 0 amide bonds. The summed E-state index contributed by atoms with van der Waals surface area (Å²) in [5.41, 5.74) is -2.29. The van der Waals surface area contributed by atoms with E-state index in [0.717, 1.165) is 12.1 Å². The van der Waals surface area contributed by atoms with Crippen molar-refractivity contribution < 1.29 is 29.4 Å². The monoisotopic (exact) mass is 466 g/mol. The Kier molecular flexibility index (Phi) is 4.58. The van der Waals surface area contributed by atoms with Crippen molar-refractivity contribution in [2.24, 2.45) is 0 Å². The molecule has 1 aromatic carbocycles. The predicted octanol–water partition coefficient (Wildman–Crippen LogP) is 5.47. The number of halogens is 7. The minimum atomic E-state index is -5.60. The number of rotatable bonds is 0. The third-order valence-corrected chi connectivity index (χ3v) is 8.18. The maximum absolute atomic E-state index is 13.4. The van der Waals surface area contributed by atoms with E-state index in [9.17, 15) is 26.3 Å². The fraction of sp³-hybridized carbons (Fsp3) is 0.429. The first-order chi connectivity index (χ1) is 10.3. The van der Waals surface area contributed by atoms with Crippen LogP contribution in [0, 0.1) is 13.0 Å². The number of benzene rings is 1. The SMILES string of the molecule is C[Si](C)(C)C#CI1OC(C(F)(F)F)(C(F)(F)F)c2ccccc21. The van der Waals surface area contributed by atoms with Gasteiger partial charge in [0.05, 0.1) is 0 Å². The first kappa shape index (κ1) is 18.6. The molecule has 1 aliphatic heterocycles. The standard InChI is InChI=1S/C14H13F6IOSi/c1-23(2,3)9-8-21-11-7-5-4-6-10(11)12(22-21,13(15,16)17)14(18,19)20/h4-7H,1-3H3. The van der Waals surface area contributed by atoms with Crippen molar-refractivity contribution in [3.05, 3.63) is 33.4 Å². The van der Waals surface area contributed by atoms with E-state index in [1.54, 1.807) is 0 Å². The number of alkyl halides is 6. The predicted molar refractivity (Wildman–Crippen MR) is 85.2 cm³/mol. The Balaban J connectivity index is 2.67. The third-order valence-electron chi connectivity index (χ3n) is 2.94. The summed E-state index contributed by atoms with van der Waals surface area (Å²) in [5.74, 6) is 0. The molecule has 0 radical (unpaired) electrons. The van der Waals surface area contributed by atoms with Gasteiger partial charge in [-0.1, -0.05) is 0 Å². The van der Waals surface area contributed by atoms with E-state index in [4.69, 9.17) is 3.07 Å². The Morgan fingerprint density at radius 3 is 2.00 bits per heavy atom. The summed E-state index contributed by atoms with van der Waals surface area (Å²) >= 11 is -3.38. The fourth-order valence-electron chi connectivity index (χ4n) is 1.90. The Labute approximate surface area is 138 Å². The average Bonchev–Trinajstić information content (AvgIpc) is 2.70. The molecule has 0 atom stereocenters. The van der Waals surface area contributed by atoms with Gasteiger partial charge in [0.2, 0.25) is 0 Å². The van der Waals surface area contributed by atoms with Crippen LogP contribution in [0.5, 0.6) is 0 Å². The van der Waals surface area contributed by atoms with Crippen LogP contribution < -0.4 is 0 Å². The molecule has 0 spiro atoms. The minimum absolute atomic E-state index is 0.0305. The van der Waals surface area contributed by atoms with Crippen molar-refractivity contribution in [2.75, 3.05) is 0 Å². The van der Waals surface area contributed by atoms with E-state index >= 15 is 0 Å². The molecule has 1 aromatic rings.